The zero-order valence-corrected chi connectivity index (χ0v) is 16.8. The van der Waals surface area contributed by atoms with Crippen LogP contribution in [0.2, 0.25) is 0 Å². The molecule has 1 aliphatic rings. The molecule has 0 amide bonds. The zero-order chi connectivity index (χ0) is 18.4. The highest BCUT2D eigenvalue weighted by Crippen LogP contribution is 2.28. The Kier molecular flexibility index (Phi) is 12.4. The van der Waals surface area contributed by atoms with E-state index in [4.69, 9.17) is 14.2 Å². The van der Waals surface area contributed by atoms with E-state index in [9.17, 15) is 4.79 Å². The van der Waals surface area contributed by atoms with Crippen LogP contribution in [0.3, 0.4) is 0 Å². The van der Waals surface area contributed by atoms with Crippen LogP contribution in [-0.2, 0) is 19.0 Å². The van der Waals surface area contributed by atoms with Gasteiger partial charge in [0.05, 0.1) is 0 Å². The molecule has 1 rings (SSSR count). The van der Waals surface area contributed by atoms with E-state index in [0.29, 0.717) is 0 Å². The monoisotopic (exact) mass is 356 g/mol. The summed E-state index contributed by atoms with van der Waals surface area (Å²) in [4.78, 5) is 11.3. The number of Topliss-reactive ketones (excluding diaryl/α,β-unsaturated/α-hetero) is 1. The number of ketones is 1. The summed E-state index contributed by atoms with van der Waals surface area (Å²) in [5.74, 6) is 0.00947. The second-order valence-electron chi connectivity index (χ2n) is 7.59. The standard InChI is InChI=1S/C21H40O4/c1-4-6-8-9-10-11-12-14-16-25-21(3,15-13-7-5-2)20-23-17-19(22)18-24-20/h20H,4-18H2,1-3H3. The summed E-state index contributed by atoms with van der Waals surface area (Å²) in [5, 5.41) is 0. The zero-order valence-electron chi connectivity index (χ0n) is 16.8. The van der Waals surface area contributed by atoms with E-state index in [0.717, 1.165) is 25.9 Å². The Labute approximate surface area is 155 Å². The smallest absolute Gasteiger partial charge is 0.187 e. The first-order chi connectivity index (χ1) is 12.1. The van der Waals surface area contributed by atoms with Gasteiger partial charge in [-0.2, -0.15) is 0 Å². The highest BCUT2D eigenvalue weighted by atomic mass is 16.7. The van der Waals surface area contributed by atoms with Gasteiger partial charge in [0.1, 0.15) is 18.8 Å². The Morgan fingerprint density at radius 1 is 0.880 bits per heavy atom. The number of carbonyl (C=O) groups is 1. The summed E-state index contributed by atoms with van der Waals surface area (Å²) in [5.41, 5.74) is -0.447. The quantitative estimate of drug-likeness (QED) is 0.367. The van der Waals surface area contributed by atoms with Crippen molar-refractivity contribution in [3.63, 3.8) is 0 Å². The number of ether oxygens (including phenoxy) is 3. The van der Waals surface area contributed by atoms with E-state index in [1.54, 1.807) is 0 Å². The van der Waals surface area contributed by atoms with Gasteiger partial charge in [-0.3, -0.25) is 4.79 Å². The third kappa shape index (κ3) is 9.72. The molecule has 1 unspecified atom stereocenters. The molecule has 0 N–H and O–H groups in total. The van der Waals surface area contributed by atoms with Crippen molar-refractivity contribution < 1.29 is 19.0 Å². The van der Waals surface area contributed by atoms with E-state index >= 15 is 0 Å². The van der Waals surface area contributed by atoms with Crippen molar-refractivity contribution in [2.45, 2.75) is 110 Å². The highest BCUT2D eigenvalue weighted by Gasteiger charge is 2.39. The summed E-state index contributed by atoms with van der Waals surface area (Å²) in [7, 11) is 0. The fourth-order valence-corrected chi connectivity index (χ4v) is 3.30. The maximum absolute atomic E-state index is 11.3. The van der Waals surface area contributed by atoms with E-state index in [-0.39, 0.29) is 19.0 Å². The van der Waals surface area contributed by atoms with Gasteiger partial charge in [0.25, 0.3) is 0 Å². The van der Waals surface area contributed by atoms with Crippen molar-refractivity contribution in [2.24, 2.45) is 0 Å². The second-order valence-corrected chi connectivity index (χ2v) is 7.59. The highest BCUT2D eigenvalue weighted by molar-refractivity contribution is 5.81. The lowest BCUT2D eigenvalue weighted by molar-refractivity contribution is -0.262. The first kappa shape index (κ1) is 22.6. The van der Waals surface area contributed by atoms with Gasteiger partial charge in [0.15, 0.2) is 12.1 Å². The third-order valence-corrected chi connectivity index (χ3v) is 5.00. The Bertz CT molecular complexity index is 335. The minimum absolute atomic E-state index is 0.00947. The Balaban J connectivity index is 2.27. The van der Waals surface area contributed by atoms with Crippen molar-refractivity contribution in [2.75, 3.05) is 19.8 Å². The molecule has 1 atom stereocenters. The number of unbranched alkanes of at least 4 members (excludes halogenated alkanes) is 9. The molecular formula is C21H40O4. The molecule has 4 heteroatoms. The van der Waals surface area contributed by atoms with Crippen LogP contribution in [0, 0.1) is 0 Å². The minimum Gasteiger partial charge on any atom is -0.370 e. The summed E-state index contributed by atoms with van der Waals surface area (Å²) in [6.07, 6.45) is 14.3. The molecule has 1 aliphatic heterocycles. The molecule has 1 fully saturated rings. The van der Waals surface area contributed by atoms with Gasteiger partial charge in [0, 0.05) is 6.61 Å². The first-order valence-corrected chi connectivity index (χ1v) is 10.5. The first-order valence-electron chi connectivity index (χ1n) is 10.5. The van der Waals surface area contributed by atoms with Crippen LogP contribution in [0.4, 0.5) is 0 Å². The Hall–Kier alpha value is -0.450. The third-order valence-electron chi connectivity index (χ3n) is 5.00. The van der Waals surface area contributed by atoms with Gasteiger partial charge in [0.2, 0.25) is 0 Å². The molecule has 0 aliphatic carbocycles. The van der Waals surface area contributed by atoms with Gasteiger partial charge in [-0.25, -0.2) is 0 Å². The molecule has 1 saturated heterocycles. The molecule has 1 heterocycles. The molecule has 0 radical (unpaired) electrons. The molecule has 0 bridgehead atoms. The lowest BCUT2D eigenvalue weighted by Crippen LogP contribution is -2.49. The summed E-state index contributed by atoms with van der Waals surface area (Å²) in [6, 6.07) is 0. The maximum Gasteiger partial charge on any atom is 0.187 e. The largest absolute Gasteiger partial charge is 0.370 e. The van der Waals surface area contributed by atoms with Gasteiger partial charge in [-0.15, -0.1) is 0 Å². The number of hydrogen-bond donors (Lipinski definition) is 0. The number of rotatable bonds is 15. The lowest BCUT2D eigenvalue weighted by Gasteiger charge is -2.38. The van der Waals surface area contributed by atoms with Crippen LogP contribution in [0.1, 0.15) is 97.8 Å². The van der Waals surface area contributed by atoms with Crippen molar-refractivity contribution in [3.8, 4) is 0 Å². The van der Waals surface area contributed by atoms with Crippen LogP contribution in [0.15, 0.2) is 0 Å². The van der Waals surface area contributed by atoms with E-state index < -0.39 is 11.9 Å². The predicted molar refractivity (Wildman–Crippen MR) is 102 cm³/mol. The molecule has 0 spiro atoms. The van der Waals surface area contributed by atoms with Crippen LogP contribution in [-0.4, -0.2) is 37.5 Å². The molecular weight excluding hydrogens is 316 g/mol. The van der Waals surface area contributed by atoms with Crippen molar-refractivity contribution in [1.82, 2.24) is 0 Å². The van der Waals surface area contributed by atoms with Crippen LogP contribution in [0.5, 0.6) is 0 Å². The summed E-state index contributed by atoms with van der Waals surface area (Å²) in [6.45, 7) is 7.57. The average molecular weight is 357 g/mol. The van der Waals surface area contributed by atoms with Gasteiger partial charge >= 0.3 is 0 Å². The van der Waals surface area contributed by atoms with Crippen LogP contribution >= 0.6 is 0 Å². The Morgan fingerprint density at radius 3 is 2.00 bits per heavy atom. The molecule has 148 valence electrons. The van der Waals surface area contributed by atoms with Gasteiger partial charge in [-0.1, -0.05) is 78.1 Å². The normalized spacial score (nSPS) is 18.4. The van der Waals surface area contributed by atoms with E-state index in [1.807, 2.05) is 0 Å². The minimum atomic E-state index is -0.447. The average Bonchev–Trinajstić information content (AvgIpc) is 2.61. The van der Waals surface area contributed by atoms with E-state index in [1.165, 1.54) is 57.8 Å². The van der Waals surface area contributed by atoms with Crippen LogP contribution < -0.4 is 0 Å². The molecule has 0 aromatic carbocycles. The molecule has 0 aromatic rings. The van der Waals surface area contributed by atoms with Crippen LogP contribution in [0.25, 0.3) is 0 Å². The molecule has 0 saturated carbocycles. The maximum atomic E-state index is 11.3. The van der Waals surface area contributed by atoms with Crippen molar-refractivity contribution >= 4 is 5.78 Å². The molecule has 0 aromatic heterocycles. The topological polar surface area (TPSA) is 44.8 Å². The summed E-state index contributed by atoms with van der Waals surface area (Å²) < 4.78 is 17.5. The SMILES string of the molecule is CCCCCCCCCCOC(C)(CCCCC)C1OCC(=O)CO1. The Morgan fingerprint density at radius 2 is 1.40 bits per heavy atom. The molecule has 25 heavy (non-hydrogen) atoms. The number of hydrogen-bond acceptors (Lipinski definition) is 4. The van der Waals surface area contributed by atoms with Gasteiger partial charge < -0.3 is 14.2 Å². The fourth-order valence-electron chi connectivity index (χ4n) is 3.30. The second kappa shape index (κ2) is 13.7. The number of carbonyl (C=O) groups excluding carboxylic acids is 1. The fraction of sp³-hybridized carbons (Fsp3) is 0.952. The lowest BCUT2D eigenvalue weighted by atomic mass is 9.96. The molecule has 4 nitrogen and oxygen atoms in total. The van der Waals surface area contributed by atoms with Crippen molar-refractivity contribution in [3.05, 3.63) is 0 Å². The van der Waals surface area contributed by atoms with Gasteiger partial charge in [-0.05, 0) is 19.8 Å². The van der Waals surface area contributed by atoms with Crippen molar-refractivity contribution in [1.29, 1.82) is 0 Å². The van der Waals surface area contributed by atoms with E-state index in [2.05, 4.69) is 20.8 Å². The summed E-state index contributed by atoms with van der Waals surface area (Å²) >= 11 is 0. The predicted octanol–water partition coefficient (Wildman–Crippen LogP) is 5.42.